The van der Waals surface area contributed by atoms with Crippen LogP contribution in [0.5, 0.6) is 0 Å². The maximum atomic E-state index is 4.55. The van der Waals surface area contributed by atoms with E-state index in [9.17, 15) is 0 Å². The summed E-state index contributed by atoms with van der Waals surface area (Å²) < 4.78 is 2.04. The van der Waals surface area contributed by atoms with Gasteiger partial charge < -0.3 is 9.88 Å². The van der Waals surface area contributed by atoms with Crippen LogP contribution < -0.4 is 5.32 Å². The zero-order valence-corrected chi connectivity index (χ0v) is 10.4. The minimum Gasteiger partial charge on any atom is -0.316 e. The van der Waals surface area contributed by atoms with Crippen LogP contribution in [-0.4, -0.2) is 27.6 Å². The molecule has 3 rings (SSSR count). The molecule has 0 amide bonds. The number of pyridine rings is 1. The first kappa shape index (κ1) is 10.7. The molecule has 3 heterocycles. The van der Waals surface area contributed by atoms with Crippen molar-refractivity contribution in [1.29, 1.82) is 0 Å². The van der Waals surface area contributed by atoms with Gasteiger partial charge in [-0.05, 0) is 43.9 Å². The molecule has 90 valence electrons. The third-order valence-electron chi connectivity index (χ3n) is 3.72. The van der Waals surface area contributed by atoms with Crippen LogP contribution in [0.4, 0.5) is 0 Å². The van der Waals surface area contributed by atoms with Crippen LogP contribution in [-0.2, 0) is 7.05 Å². The first-order valence-corrected chi connectivity index (χ1v) is 6.25. The first-order chi connectivity index (χ1) is 8.25. The van der Waals surface area contributed by atoms with Crippen molar-refractivity contribution < 1.29 is 0 Å². The monoisotopic (exact) mass is 230 g/mol. The van der Waals surface area contributed by atoms with Crippen molar-refractivity contribution in [2.75, 3.05) is 13.1 Å². The minimum atomic E-state index is 0.600. The quantitative estimate of drug-likeness (QED) is 0.811. The standard InChI is InChI=1S/C13H18N4/c1-9-16-12-6-11(8-15-13(12)17(9)2)10-4-3-5-14-7-10/h6,8,10,14H,3-5,7H2,1-2H3. The highest BCUT2D eigenvalue weighted by atomic mass is 15.1. The van der Waals surface area contributed by atoms with E-state index in [-0.39, 0.29) is 0 Å². The van der Waals surface area contributed by atoms with Gasteiger partial charge in [-0.3, -0.25) is 0 Å². The zero-order valence-electron chi connectivity index (χ0n) is 10.4. The minimum absolute atomic E-state index is 0.600. The Hall–Kier alpha value is -1.42. The van der Waals surface area contributed by atoms with Crippen molar-refractivity contribution >= 4 is 11.2 Å². The molecule has 0 aliphatic carbocycles. The van der Waals surface area contributed by atoms with Gasteiger partial charge >= 0.3 is 0 Å². The fourth-order valence-electron chi connectivity index (χ4n) is 2.56. The van der Waals surface area contributed by atoms with Crippen molar-refractivity contribution in [3.8, 4) is 0 Å². The van der Waals surface area contributed by atoms with Crippen molar-refractivity contribution in [3.05, 3.63) is 23.7 Å². The van der Waals surface area contributed by atoms with Crippen molar-refractivity contribution in [2.45, 2.75) is 25.7 Å². The van der Waals surface area contributed by atoms with Gasteiger partial charge in [0.1, 0.15) is 11.3 Å². The fraction of sp³-hybridized carbons (Fsp3) is 0.538. The number of hydrogen-bond donors (Lipinski definition) is 1. The lowest BCUT2D eigenvalue weighted by atomic mass is 9.93. The van der Waals surface area contributed by atoms with Crippen LogP contribution >= 0.6 is 0 Å². The zero-order chi connectivity index (χ0) is 11.8. The summed E-state index contributed by atoms with van der Waals surface area (Å²) in [6.45, 7) is 4.23. The van der Waals surface area contributed by atoms with E-state index >= 15 is 0 Å². The second-order valence-electron chi connectivity index (χ2n) is 4.87. The molecule has 4 nitrogen and oxygen atoms in total. The predicted molar refractivity (Wildman–Crippen MR) is 68.1 cm³/mol. The van der Waals surface area contributed by atoms with Gasteiger partial charge in [-0.25, -0.2) is 9.97 Å². The molecule has 0 radical (unpaired) electrons. The van der Waals surface area contributed by atoms with E-state index in [0.717, 1.165) is 30.1 Å². The Morgan fingerprint density at radius 1 is 1.47 bits per heavy atom. The highest BCUT2D eigenvalue weighted by Gasteiger charge is 2.16. The van der Waals surface area contributed by atoms with Gasteiger partial charge in [0.05, 0.1) is 0 Å². The number of hydrogen-bond acceptors (Lipinski definition) is 3. The average Bonchev–Trinajstić information content (AvgIpc) is 2.66. The summed E-state index contributed by atoms with van der Waals surface area (Å²) in [5.74, 6) is 1.62. The summed E-state index contributed by atoms with van der Waals surface area (Å²) in [6.07, 6.45) is 4.52. The molecule has 0 aromatic carbocycles. The molecule has 0 bridgehead atoms. The Bertz CT molecular complexity index is 538. The molecule has 1 atom stereocenters. The van der Waals surface area contributed by atoms with Gasteiger partial charge in [0.2, 0.25) is 0 Å². The van der Waals surface area contributed by atoms with E-state index in [1.54, 1.807) is 0 Å². The lowest BCUT2D eigenvalue weighted by Crippen LogP contribution is -2.28. The van der Waals surface area contributed by atoms with Crippen LogP contribution in [0.25, 0.3) is 11.2 Å². The number of nitrogens with one attached hydrogen (secondary N) is 1. The van der Waals surface area contributed by atoms with Gasteiger partial charge in [-0.2, -0.15) is 0 Å². The first-order valence-electron chi connectivity index (χ1n) is 6.25. The number of rotatable bonds is 1. The van der Waals surface area contributed by atoms with Gasteiger partial charge in [0.15, 0.2) is 5.65 Å². The number of nitrogens with zero attached hydrogens (tertiary/aromatic N) is 3. The van der Waals surface area contributed by atoms with E-state index in [1.165, 1.54) is 18.4 Å². The van der Waals surface area contributed by atoms with E-state index in [4.69, 9.17) is 0 Å². The van der Waals surface area contributed by atoms with E-state index in [2.05, 4.69) is 21.4 Å². The van der Waals surface area contributed by atoms with E-state index < -0.39 is 0 Å². The SMILES string of the molecule is Cc1nc2cc(C3CCCNC3)cnc2n1C. The molecular weight excluding hydrogens is 212 g/mol. The number of aromatic nitrogens is 3. The highest BCUT2D eigenvalue weighted by molar-refractivity contribution is 5.72. The molecular formula is C13H18N4. The van der Waals surface area contributed by atoms with Gasteiger partial charge in [0.25, 0.3) is 0 Å². The largest absolute Gasteiger partial charge is 0.316 e. The lowest BCUT2D eigenvalue weighted by molar-refractivity contribution is 0.461. The molecule has 1 saturated heterocycles. The van der Waals surface area contributed by atoms with Gasteiger partial charge in [-0.15, -0.1) is 0 Å². The number of fused-ring (bicyclic) bond motifs is 1. The van der Waals surface area contributed by atoms with Crippen molar-refractivity contribution in [2.24, 2.45) is 7.05 Å². The Morgan fingerprint density at radius 2 is 2.35 bits per heavy atom. The van der Waals surface area contributed by atoms with Gasteiger partial charge in [0, 0.05) is 19.8 Å². The van der Waals surface area contributed by atoms with Crippen LogP contribution in [0.15, 0.2) is 12.3 Å². The molecule has 4 heteroatoms. The second kappa shape index (κ2) is 4.11. The number of piperidine rings is 1. The van der Waals surface area contributed by atoms with E-state index in [0.29, 0.717) is 5.92 Å². The van der Waals surface area contributed by atoms with Crippen LogP contribution in [0.2, 0.25) is 0 Å². The Morgan fingerprint density at radius 3 is 3.12 bits per heavy atom. The second-order valence-corrected chi connectivity index (χ2v) is 4.87. The Balaban J connectivity index is 2.01. The maximum Gasteiger partial charge on any atom is 0.159 e. The normalized spacial score (nSPS) is 20.9. The summed E-state index contributed by atoms with van der Waals surface area (Å²) in [5.41, 5.74) is 3.32. The number of aryl methyl sites for hydroxylation is 2. The van der Waals surface area contributed by atoms with Crippen molar-refractivity contribution in [3.63, 3.8) is 0 Å². The molecule has 1 aliphatic rings. The third kappa shape index (κ3) is 1.82. The predicted octanol–water partition coefficient (Wildman–Crippen LogP) is 1.74. The molecule has 0 spiro atoms. The summed E-state index contributed by atoms with van der Waals surface area (Å²) in [7, 11) is 2.01. The Labute approximate surface area is 101 Å². The molecule has 1 aliphatic heterocycles. The topological polar surface area (TPSA) is 42.7 Å². The average molecular weight is 230 g/mol. The summed E-state index contributed by atoms with van der Waals surface area (Å²) >= 11 is 0. The van der Waals surface area contributed by atoms with Crippen LogP contribution in [0.3, 0.4) is 0 Å². The number of imidazole rings is 1. The molecule has 1 N–H and O–H groups in total. The molecule has 17 heavy (non-hydrogen) atoms. The Kier molecular flexibility index (Phi) is 2.59. The molecule has 2 aromatic rings. The summed E-state index contributed by atoms with van der Waals surface area (Å²) in [4.78, 5) is 9.10. The molecule has 2 aromatic heterocycles. The molecule has 1 unspecified atom stereocenters. The fourth-order valence-corrected chi connectivity index (χ4v) is 2.56. The van der Waals surface area contributed by atoms with E-state index in [1.807, 2.05) is 24.7 Å². The lowest BCUT2D eigenvalue weighted by Gasteiger charge is -2.22. The smallest absolute Gasteiger partial charge is 0.159 e. The summed E-state index contributed by atoms with van der Waals surface area (Å²) in [6, 6.07) is 2.20. The van der Waals surface area contributed by atoms with Gasteiger partial charge in [-0.1, -0.05) is 0 Å². The molecule has 1 fully saturated rings. The van der Waals surface area contributed by atoms with Crippen LogP contribution in [0.1, 0.15) is 30.1 Å². The third-order valence-corrected chi connectivity index (χ3v) is 3.72. The van der Waals surface area contributed by atoms with Crippen LogP contribution in [0, 0.1) is 6.92 Å². The van der Waals surface area contributed by atoms with Crippen molar-refractivity contribution in [1.82, 2.24) is 19.9 Å². The maximum absolute atomic E-state index is 4.55. The molecule has 0 saturated carbocycles. The highest BCUT2D eigenvalue weighted by Crippen LogP contribution is 2.25. The summed E-state index contributed by atoms with van der Waals surface area (Å²) in [5, 5.41) is 3.44.